The van der Waals surface area contributed by atoms with Crippen LogP contribution in [0.3, 0.4) is 0 Å². The van der Waals surface area contributed by atoms with E-state index < -0.39 is 11.1 Å². The van der Waals surface area contributed by atoms with E-state index in [0.29, 0.717) is 29.2 Å². The molecule has 7 nitrogen and oxygen atoms in total. The first-order valence-corrected chi connectivity index (χ1v) is 11.6. The van der Waals surface area contributed by atoms with Gasteiger partial charge in [0.15, 0.2) is 17.1 Å². The number of nitrogens with one attached hydrogen (secondary N) is 1. The molecule has 9 heteroatoms. The molecule has 2 atom stereocenters. The Bertz CT molecular complexity index is 1070. The van der Waals surface area contributed by atoms with Crippen molar-refractivity contribution in [3.05, 3.63) is 60.2 Å². The summed E-state index contributed by atoms with van der Waals surface area (Å²) in [6.07, 6.45) is -0.360. The van der Waals surface area contributed by atoms with E-state index in [0.717, 1.165) is 5.75 Å². The summed E-state index contributed by atoms with van der Waals surface area (Å²) in [5.74, 6) is 1.65. The van der Waals surface area contributed by atoms with E-state index in [-0.39, 0.29) is 17.7 Å². The van der Waals surface area contributed by atoms with Crippen molar-refractivity contribution in [3.8, 4) is 11.5 Å². The molecular weight excluding hydrogens is 443 g/mol. The second-order valence-electron chi connectivity index (χ2n) is 8.01. The highest BCUT2D eigenvalue weighted by Gasteiger charge is 2.24. The first-order chi connectivity index (χ1) is 15.8. The number of hydrogen-bond donors (Lipinski definition) is 1. The number of para-hydroxylation sites is 1. The summed E-state index contributed by atoms with van der Waals surface area (Å²) in [6.45, 7) is 8.53. The number of ether oxygens (including phenoxy) is 2. The standard InChI is InChI=1S/C24H29FN4O3S/c1-15(2)14-29-22(16(3)32-19-12-10-18(31-5)11-13-19)27-28-24(29)33-17(4)23(30)26-21-9-7-6-8-20(21)25/h6-13,15-17H,14H2,1-5H3,(H,26,30). The Kier molecular flexibility index (Phi) is 8.32. The van der Waals surface area contributed by atoms with Gasteiger partial charge < -0.3 is 19.4 Å². The molecular formula is C24H29FN4O3S. The monoisotopic (exact) mass is 472 g/mol. The van der Waals surface area contributed by atoms with Crippen LogP contribution in [0.25, 0.3) is 0 Å². The van der Waals surface area contributed by atoms with E-state index in [1.54, 1.807) is 26.2 Å². The van der Waals surface area contributed by atoms with E-state index in [9.17, 15) is 9.18 Å². The second-order valence-corrected chi connectivity index (χ2v) is 9.32. The minimum Gasteiger partial charge on any atom is -0.497 e. The summed E-state index contributed by atoms with van der Waals surface area (Å²) >= 11 is 1.28. The number of anilines is 1. The van der Waals surface area contributed by atoms with E-state index in [1.165, 1.54) is 23.9 Å². The molecule has 0 radical (unpaired) electrons. The van der Waals surface area contributed by atoms with Crippen LogP contribution in [0.2, 0.25) is 0 Å². The molecule has 1 N–H and O–H groups in total. The molecule has 0 saturated heterocycles. The average Bonchev–Trinajstić information content (AvgIpc) is 3.17. The topological polar surface area (TPSA) is 78.3 Å². The number of amides is 1. The van der Waals surface area contributed by atoms with Crippen molar-refractivity contribution in [1.82, 2.24) is 14.8 Å². The Morgan fingerprint density at radius 2 is 1.73 bits per heavy atom. The Hall–Kier alpha value is -3.07. The van der Waals surface area contributed by atoms with Crippen LogP contribution in [0.4, 0.5) is 10.1 Å². The van der Waals surface area contributed by atoms with Gasteiger partial charge in [-0.15, -0.1) is 10.2 Å². The number of rotatable bonds is 10. The Labute approximate surface area is 197 Å². The highest BCUT2D eigenvalue weighted by molar-refractivity contribution is 8.00. The zero-order chi connectivity index (χ0) is 24.0. The van der Waals surface area contributed by atoms with Gasteiger partial charge in [0, 0.05) is 6.54 Å². The predicted octanol–water partition coefficient (Wildman–Crippen LogP) is 5.34. The quantitative estimate of drug-likeness (QED) is 0.401. The lowest BCUT2D eigenvalue weighted by molar-refractivity contribution is -0.115. The highest BCUT2D eigenvalue weighted by Crippen LogP contribution is 2.29. The molecule has 0 aliphatic heterocycles. The molecule has 3 rings (SSSR count). The molecule has 0 aliphatic rings. The van der Waals surface area contributed by atoms with Crippen LogP contribution in [-0.2, 0) is 11.3 Å². The minimum absolute atomic E-state index is 0.154. The van der Waals surface area contributed by atoms with E-state index in [2.05, 4.69) is 29.4 Å². The SMILES string of the molecule is COc1ccc(OC(C)c2nnc(SC(C)C(=O)Nc3ccccc3F)n2CC(C)C)cc1. The number of halogens is 1. The van der Waals surface area contributed by atoms with Gasteiger partial charge in [-0.3, -0.25) is 4.79 Å². The van der Waals surface area contributed by atoms with Gasteiger partial charge in [-0.1, -0.05) is 37.7 Å². The maximum absolute atomic E-state index is 13.9. The lowest BCUT2D eigenvalue weighted by atomic mass is 10.2. The van der Waals surface area contributed by atoms with Gasteiger partial charge in [0.25, 0.3) is 0 Å². The normalized spacial score (nSPS) is 12.9. The number of benzene rings is 2. The summed E-state index contributed by atoms with van der Waals surface area (Å²) in [4.78, 5) is 12.6. The molecule has 3 aromatic rings. The maximum Gasteiger partial charge on any atom is 0.237 e. The van der Waals surface area contributed by atoms with Crippen molar-refractivity contribution < 1.29 is 18.7 Å². The Morgan fingerprint density at radius 1 is 1.06 bits per heavy atom. The number of nitrogens with zero attached hydrogens (tertiary/aromatic N) is 3. The average molecular weight is 473 g/mol. The highest BCUT2D eigenvalue weighted by atomic mass is 32.2. The number of aromatic nitrogens is 3. The second kappa shape index (κ2) is 11.2. The van der Waals surface area contributed by atoms with E-state index in [4.69, 9.17) is 9.47 Å². The molecule has 33 heavy (non-hydrogen) atoms. The summed E-state index contributed by atoms with van der Waals surface area (Å²) in [7, 11) is 1.61. The Morgan fingerprint density at radius 3 is 2.36 bits per heavy atom. The van der Waals surface area contributed by atoms with Crippen molar-refractivity contribution in [1.29, 1.82) is 0 Å². The lowest BCUT2D eigenvalue weighted by Gasteiger charge is -2.19. The van der Waals surface area contributed by atoms with Gasteiger partial charge in [-0.2, -0.15) is 0 Å². The van der Waals surface area contributed by atoms with Crippen LogP contribution < -0.4 is 14.8 Å². The van der Waals surface area contributed by atoms with Crippen LogP contribution >= 0.6 is 11.8 Å². The van der Waals surface area contributed by atoms with E-state index in [1.807, 2.05) is 35.8 Å². The van der Waals surface area contributed by atoms with Crippen molar-refractivity contribution in [2.75, 3.05) is 12.4 Å². The number of thioether (sulfide) groups is 1. The van der Waals surface area contributed by atoms with Gasteiger partial charge in [0.1, 0.15) is 17.3 Å². The van der Waals surface area contributed by atoms with Gasteiger partial charge in [0.05, 0.1) is 18.0 Å². The summed E-state index contributed by atoms with van der Waals surface area (Å²) in [6, 6.07) is 13.4. The largest absolute Gasteiger partial charge is 0.497 e. The van der Waals surface area contributed by atoms with Crippen molar-refractivity contribution in [2.24, 2.45) is 5.92 Å². The fraction of sp³-hybridized carbons (Fsp3) is 0.375. The first-order valence-electron chi connectivity index (χ1n) is 10.7. The predicted molar refractivity (Wildman–Crippen MR) is 127 cm³/mol. The number of methoxy groups -OCH3 is 1. The number of carbonyl (C=O) groups excluding carboxylic acids is 1. The van der Waals surface area contributed by atoms with Crippen LogP contribution in [0.15, 0.2) is 53.7 Å². The van der Waals surface area contributed by atoms with Crippen LogP contribution in [0, 0.1) is 11.7 Å². The molecule has 2 unspecified atom stereocenters. The summed E-state index contributed by atoms with van der Waals surface area (Å²) in [5.41, 5.74) is 0.154. The fourth-order valence-corrected chi connectivity index (χ4v) is 4.01. The number of hydrogen-bond acceptors (Lipinski definition) is 6. The Balaban J connectivity index is 1.75. The zero-order valence-electron chi connectivity index (χ0n) is 19.4. The molecule has 0 aliphatic carbocycles. The molecule has 0 saturated carbocycles. The third-order valence-corrected chi connectivity index (χ3v) is 5.89. The van der Waals surface area contributed by atoms with Gasteiger partial charge in [-0.05, 0) is 56.2 Å². The van der Waals surface area contributed by atoms with Crippen molar-refractivity contribution >= 4 is 23.4 Å². The van der Waals surface area contributed by atoms with Crippen molar-refractivity contribution in [3.63, 3.8) is 0 Å². The molecule has 0 fully saturated rings. The zero-order valence-corrected chi connectivity index (χ0v) is 20.2. The third-order valence-electron chi connectivity index (χ3n) is 4.81. The maximum atomic E-state index is 13.9. The fourth-order valence-electron chi connectivity index (χ4n) is 3.14. The first kappa shape index (κ1) is 24.6. The summed E-state index contributed by atoms with van der Waals surface area (Å²) < 4.78 is 27.1. The molecule has 1 heterocycles. The molecule has 0 spiro atoms. The van der Waals surface area contributed by atoms with Gasteiger partial charge >= 0.3 is 0 Å². The van der Waals surface area contributed by atoms with Gasteiger partial charge in [-0.25, -0.2) is 4.39 Å². The molecule has 2 aromatic carbocycles. The van der Waals surface area contributed by atoms with E-state index >= 15 is 0 Å². The minimum atomic E-state index is -0.509. The molecule has 0 bridgehead atoms. The molecule has 176 valence electrons. The lowest BCUT2D eigenvalue weighted by Crippen LogP contribution is -2.24. The third kappa shape index (κ3) is 6.47. The van der Waals surface area contributed by atoms with Crippen LogP contribution in [0.5, 0.6) is 11.5 Å². The number of carbonyl (C=O) groups is 1. The molecule has 1 aromatic heterocycles. The van der Waals surface area contributed by atoms with Crippen molar-refractivity contribution in [2.45, 2.75) is 50.8 Å². The van der Waals surface area contributed by atoms with Crippen LogP contribution in [-0.4, -0.2) is 33.0 Å². The molecule has 1 amide bonds. The van der Waals surface area contributed by atoms with Gasteiger partial charge in [0.2, 0.25) is 5.91 Å². The van der Waals surface area contributed by atoms with Crippen LogP contribution in [0.1, 0.15) is 39.6 Å². The summed E-state index contributed by atoms with van der Waals surface area (Å²) in [5, 5.41) is 11.4. The smallest absolute Gasteiger partial charge is 0.237 e.